The van der Waals surface area contributed by atoms with Crippen LogP contribution in [0, 0.1) is 0 Å². The largest absolute Gasteiger partial charge is 0.444 e. The van der Waals surface area contributed by atoms with Crippen molar-refractivity contribution in [3.63, 3.8) is 0 Å². The van der Waals surface area contributed by atoms with Crippen LogP contribution < -0.4 is 5.32 Å². The van der Waals surface area contributed by atoms with Crippen LogP contribution in [0.4, 0.5) is 4.79 Å². The van der Waals surface area contributed by atoms with Crippen LogP contribution in [0.2, 0.25) is 0 Å². The molecule has 1 N–H and O–H groups in total. The zero-order chi connectivity index (χ0) is 27.3. The Morgan fingerprint density at radius 1 is 0.784 bits per heavy atom. The Morgan fingerprint density at radius 3 is 1.70 bits per heavy atom. The summed E-state index contributed by atoms with van der Waals surface area (Å²) < 4.78 is 5.19. The Hall–Kier alpha value is -3.25. The second-order valence-corrected chi connectivity index (χ2v) is 10.3. The Labute approximate surface area is 222 Å². The first kappa shape index (κ1) is 30.0. The first-order valence-corrected chi connectivity index (χ1v) is 13.1. The van der Waals surface area contributed by atoms with Crippen LogP contribution in [0.3, 0.4) is 0 Å². The summed E-state index contributed by atoms with van der Waals surface area (Å²) in [4.78, 5) is 34.7. The Bertz CT molecular complexity index is 1020. The van der Waals surface area contributed by atoms with Crippen LogP contribution in [0.1, 0.15) is 76.2 Å². The third-order valence-corrected chi connectivity index (χ3v) is 6.10. The van der Waals surface area contributed by atoms with Gasteiger partial charge in [0.2, 0.25) is 0 Å². The van der Waals surface area contributed by atoms with Gasteiger partial charge in [0.15, 0.2) is 5.78 Å². The number of Topliss-reactive ketones (excluding diaryl/α,β-unsaturated/α-hetero) is 2. The fraction of sp³-hybridized carbons (Fsp3) is 0.452. The van der Waals surface area contributed by atoms with Crippen molar-refractivity contribution in [3.05, 3.63) is 77.4 Å². The van der Waals surface area contributed by atoms with Crippen molar-refractivity contribution in [1.82, 2.24) is 10.2 Å². The highest BCUT2D eigenvalue weighted by molar-refractivity contribution is 5.93. The number of nitrogens with zero attached hydrogens (tertiary/aromatic N) is 1. The number of ketones is 2. The van der Waals surface area contributed by atoms with Gasteiger partial charge in [0, 0.05) is 31.5 Å². The fourth-order valence-corrected chi connectivity index (χ4v) is 3.93. The standard InChI is InChI=1S/C13H17N.C10H17NO3.C8H8O/c1-11(12-5-3-2-4-6-12)13-7-9-14-10-8-13;1-10(2,3)14-9(13)11-6-4-8(12)5-7-11;1-7(9)8-5-3-2-4-6-8/h2-6,14H,7-10H2,1H3;4-7H2,1-3H3;2-6H,1H3. The first-order valence-electron chi connectivity index (χ1n) is 13.1. The molecular formula is C31H42N2O4. The number of rotatable bonds is 2. The zero-order valence-corrected chi connectivity index (χ0v) is 23.0. The van der Waals surface area contributed by atoms with E-state index in [2.05, 4.69) is 42.6 Å². The third kappa shape index (κ3) is 11.6. The van der Waals surface area contributed by atoms with Gasteiger partial charge < -0.3 is 15.0 Å². The minimum atomic E-state index is -0.460. The van der Waals surface area contributed by atoms with Crippen molar-refractivity contribution < 1.29 is 19.1 Å². The predicted molar refractivity (Wildman–Crippen MR) is 150 cm³/mol. The number of hydrogen-bond acceptors (Lipinski definition) is 5. The minimum Gasteiger partial charge on any atom is -0.444 e. The molecule has 1 amide bonds. The van der Waals surface area contributed by atoms with Gasteiger partial charge in [-0.1, -0.05) is 66.2 Å². The molecule has 0 aromatic heterocycles. The minimum absolute atomic E-state index is 0.121. The number of hydrogen-bond donors (Lipinski definition) is 1. The summed E-state index contributed by atoms with van der Waals surface area (Å²) in [6.07, 6.45) is 3.02. The van der Waals surface area contributed by atoms with E-state index in [1.807, 2.05) is 51.1 Å². The van der Waals surface area contributed by atoms with Crippen LogP contribution in [-0.4, -0.2) is 54.3 Å². The molecule has 0 saturated carbocycles. The SMILES string of the molecule is CC(=C1CCNCC1)c1ccccc1.CC(=O)c1ccccc1.CC(C)(C)OC(=O)N1CCC(=O)CC1. The number of nitrogens with one attached hydrogen (secondary N) is 1. The fourth-order valence-electron chi connectivity index (χ4n) is 3.93. The summed E-state index contributed by atoms with van der Waals surface area (Å²) in [6, 6.07) is 19.9. The molecule has 4 rings (SSSR count). The molecule has 0 spiro atoms. The van der Waals surface area contributed by atoms with Crippen LogP contribution in [-0.2, 0) is 9.53 Å². The van der Waals surface area contributed by atoms with Crippen molar-refractivity contribution in [3.8, 4) is 0 Å². The Kier molecular flexibility index (Phi) is 12.2. The molecule has 2 aromatic rings. The molecule has 0 unspecified atom stereocenters. The van der Waals surface area contributed by atoms with Crippen LogP contribution in [0.25, 0.3) is 5.57 Å². The lowest BCUT2D eigenvalue weighted by Crippen LogP contribution is -2.41. The number of ether oxygens (including phenoxy) is 1. The van der Waals surface area contributed by atoms with Gasteiger partial charge in [-0.3, -0.25) is 9.59 Å². The average molecular weight is 507 g/mol. The van der Waals surface area contributed by atoms with E-state index in [-0.39, 0.29) is 17.7 Å². The van der Waals surface area contributed by atoms with Crippen molar-refractivity contribution >= 4 is 23.2 Å². The van der Waals surface area contributed by atoms with E-state index < -0.39 is 5.60 Å². The number of allylic oxidation sites excluding steroid dienone is 1. The molecule has 2 aromatic carbocycles. The molecule has 2 aliphatic rings. The van der Waals surface area contributed by atoms with Gasteiger partial charge in [0.25, 0.3) is 0 Å². The van der Waals surface area contributed by atoms with E-state index in [1.165, 1.54) is 24.0 Å². The zero-order valence-electron chi connectivity index (χ0n) is 23.0. The smallest absolute Gasteiger partial charge is 0.410 e. The monoisotopic (exact) mass is 506 g/mol. The highest BCUT2D eigenvalue weighted by atomic mass is 16.6. The number of carbonyl (C=O) groups excluding carboxylic acids is 3. The molecule has 6 nitrogen and oxygen atoms in total. The van der Waals surface area contributed by atoms with Gasteiger partial charge in [0.1, 0.15) is 11.4 Å². The van der Waals surface area contributed by atoms with Crippen LogP contribution >= 0.6 is 0 Å². The second kappa shape index (κ2) is 15.1. The summed E-state index contributed by atoms with van der Waals surface area (Å²) in [6.45, 7) is 12.6. The van der Waals surface area contributed by atoms with E-state index in [0.29, 0.717) is 25.9 Å². The number of carbonyl (C=O) groups is 3. The predicted octanol–water partition coefficient (Wildman–Crippen LogP) is 6.32. The van der Waals surface area contributed by atoms with Crippen molar-refractivity contribution in [2.75, 3.05) is 26.2 Å². The molecule has 0 bridgehead atoms. The van der Waals surface area contributed by atoms with Gasteiger partial charge in [-0.15, -0.1) is 0 Å². The van der Waals surface area contributed by atoms with Gasteiger partial charge >= 0.3 is 6.09 Å². The van der Waals surface area contributed by atoms with E-state index in [0.717, 1.165) is 18.7 Å². The Balaban J connectivity index is 0.000000200. The highest BCUT2D eigenvalue weighted by Gasteiger charge is 2.25. The molecule has 0 radical (unpaired) electrons. The topological polar surface area (TPSA) is 75.7 Å². The van der Waals surface area contributed by atoms with E-state index in [1.54, 1.807) is 17.4 Å². The number of amides is 1. The number of piperidine rings is 2. The lowest BCUT2D eigenvalue weighted by Gasteiger charge is -2.29. The lowest BCUT2D eigenvalue weighted by molar-refractivity contribution is -0.121. The molecule has 200 valence electrons. The number of benzene rings is 2. The van der Waals surface area contributed by atoms with Crippen molar-refractivity contribution in [2.24, 2.45) is 0 Å². The summed E-state index contributed by atoms with van der Waals surface area (Å²) in [5.41, 5.74) is 4.79. The first-order chi connectivity index (χ1) is 17.6. The molecular weight excluding hydrogens is 464 g/mol. The van der Waals surface area contributed by atoms with Crippen LogP contribution in [0.5, 0.6) is 0 Å². The highest BCUT2D eigenvalue weighted by Crippen LogP contribution is 2.23. The summed E-state index contributed by atoms with van der Waals surface area (Å²) in [7, 11) is 0. The maximum Gasteiger partial charge on any atom is 0.410 e. The molecule has 2 fully saturated rings. The van der Waals surface area contributed by atoms with E-state index in [4.69, 9.17) is 4.74 Å². The van der Waals surface area contributed by atoms with E-state index >= 15 is 0 Å². The van der Waals surface area contributed by atoms with Crippen LogP contribution in [0.15, 0.2) is 66.2 Å². The molecule has 6 heteroatoms. The second-order valence-electron chi connectivity index (χ2n) is 10.3. The maximum atomic E-state index is 11.5. The lowest BCUT2D eigenvalue weighted by atomic mass is 9.95. The van der Waals surface area contributed by atoms with Crippen molar-refractivity contribution in [2.45, 2.75) is 65.9 Å². The van der Waals surface area contributed by atoms with Gasteiger partial charge in [0.05, 0.1) is 0 Å². The normalized spacial score (nSPS) is 15.4. The number of likely N-dealkylation sites (tertiary alicyclic amines) is 1. The van der Waals surface area contributed by atoms with Gasteiger partial charge in [-0.05, 0) is 71.7 Å². The van der Waals surface area contributed by atoms with Crippen molar-refractivity contribution in [1.29, 1.82) is 0 Å². The van der Waals surface area contributed by atoms with E-state index in [9.17, 15) is 14.4 Å². The molecule has 37 heavy (non-hydrogen) atoms. The average Bonchev–Trinajstić information content (AvgIpc) is 2.90. The maximum absolute atomic E-state index is 11.5. The quantitative estimate of drug-likeness (QED) is 0.483. The molecule has 2 saturated heterocycles. The molecule has 2 heterocycles. The third-order valence-electron chi connectivity index (χ3n) is 6.10. The molecule has 2 aliphatic heterocycles. The van der Waals surface area contributed by atoms with Gasteiger partial charge in [-0.25, -0.2) is 4.79 Å². The Morgan fingerprint density at radius 2 is 1.27 bits per heavy atom. The molecule has 0 atom stereocenters. The summed E-state index contributed by atoms with van der Waals surface area (Å²) in [5.74, 6) is 0.348. The van der Waals surface area contributed by atoms with Gasteiger partial charge in [-0.2, -0.15) is 0 Å². The summed E-state index contributed by atoms with van der Waals surface area (Å²) in [5, 5.41) is 3.39. The summed E-state index contributed by atoms with van der Waals surface area (Å²) >= 11 is 0. The molecule has 0 aliphatic carbocycles.